The second-order valence-electron chi connectivity index (χ2n) is 8.98. The summed E-state index contributed by atoms with van der Waals surface area (Å²) in [5.74, 6) is -0.816. The minimum atomic E-state index is -3.89. The van der Waals surface area contributed by atoms with Crippen LogP contribution >= 0.6 is 27.5 Å². The van der Waals surface area contributed by atoms with Gasteiger partial charge in [-0.05, 0) is 67.3 Å². The van der Waals surface area contributed by atoms with Crippen molar-refractivity contribution in [3.63, 3.8) is 0 Å². The van der Waals surface area contributed by atoms with E-state index in [0.717, 1.165) is 21.3 Å². The van der Waals surface area contributed by atoms with E-state index in [9.17, 15) is 18.0 Å². The quantitative estimate of drug-likeness (QED) is 0.404. The molecule has 10 heteroatoms. The lowest BCUT2D eigenvalue weighted by molar-refractivity contribution is -0.121. The van der Waals surface area contributed by atoms with Gasteiger partial charge in [0.15, 0.2) is 0 Å². The highest BCUT2D eigenvalue weighted by Crippen LogP contribution is 2.27. The number of hydrogen-bond donors (Lipinski definition) is 1. The molecule has 1 unspecified atom stereocenters. The van der Waals surface area contributed by atoms with Gasteiger partial charge in [-0.15, -0.1) is 0 Å². The maximum absolute atomic E-state index is 13.2. The second kappa shape index (κ2) is 11.3. The van der Waals surface area contributed by atoms with E-state index in [4.69, 9.17) is 11.6 Å². The molecule has 194 valence electrons. The molecule has 37 heavy (non-hydrogen) atoms. The SMILES string of the molecule is Cc1cc(N2CCCC(NC(=O)c3cc(S(=O)(=O)N(C)Cc4ccccc4)ccc3Cl)C2=O)ccc1Br. The maximum Gasteiger partial charge on any atom is 0.253 e. The number of piperidine rings is 1. The van der Waals surface area contributed by atoms with Gasteiger partial charge >= 0.3 is 0 Å². The molecule has 4 rings (SSSR count). The van der Waals surface area contributed by atoms with Crippen LogP contribution in [0.2, 0.25) is 5.02 Å². The van der Waals surface area contributed by atoms with E-state index in [1.807, 2.05) is 55.5 Å². The van der Waals surface area contributed by atoms with Crippen LogP contribution in [0.5, 0.6) is 0 Å². The van der Waals surface area contributed by atoms with E-state index in [-0.39, 0.29) is 27.9 Å². The van der Waals surface area contributed by atoms with Gasteiger partial charge in [0.05, 0.1) is 15.5 Å². The summed E-state index contributed by atoms with van der Waals surface area (Å²) in [6.45, 7) is 2.67. The van der Waals surface area contributed by atoms with Gasteiger partial charge in [0, 0.05) is 30.3 Å². The predicted molar refractivity (Wildman–Crippen MR) is 148 cm³/mol. The molecule has 0 aromatic heterocycles. The molecule has 0 bridgehead atoms. The third-order valence-corrected chi connectivity index (χ3v) is 9.35. The van der Waals surface area contributed by atoms with E-state index < -0.39 is 22.0 Å². The van der Waals surface area contributed by atoms with Gasteiger partial charge in [-0.1, -0.05) is 57.9 Å². The van der Waals surface area contributed by atoms with Crippen molar-refractivity contribution < 1.29 is 18.0 Å². The van der Waals surface area contributed by atoms with E-state index in [1.165, 1.54) is 29.6 Å². The third kappa shape index (κ3) is 6.06. The van der Waals surface area contributed by atoms with E-state index in [2.05, 4.69) is 21.2 Å². The number of carbonyl (C=O) groups is 2. The number of sulfonamides is 1. The third-order valence-electron chi connectivity index (χ3n) is 6.34. The first-order chi connectivity index (χ1) is 17.6. The molecule has 1 fully saturated rings. The van der Waals surface area contributed by atoms with Crippen molar-refractivity contribution in [3.8, 4) is 0 Å². The number of benzene rings is 3. The molecule has 1 N–H and O–H groups in total. The summed E-state index contributed by atoms with van der Waals surface area (Å²) in [6, 6.07) is 18.2. The first-order valence-electron chi connectivity index (χ1n) is 11.8. The summed E-state index contributed by atoms with van der Waals surface area (Å²) in [5, 5.41) is 2.87. The predicted octanol–water partition coefficient (Wildman–Crippen LogP) is 5.16. The average Bonchev–Trinajstić information content (AvgIpc) is 2.87. The Bertz CT molecular complexity index is 1430. The van der Waals surface area contributed by atoms with Gasteiger partial charge < -0.3 is 10.2 Å². The molecule has 1 atom stereocenters. The first-order valence-corrected chi connectivity index (χ1v) is 14.4. The van der Waals surface area contributed by atoms with E-state index in [0.29, 0.717) is 19.4 Å². The summed E-state index contributed by atoms with van der Waals surface area (Å²) < 4.78 is 28.6. The Morgan fingerprint density at radius 3 is 2.57 bits per heavy atom. The first kappa shape index (κ1) is 27.3. The van der Waals surface area contributed by atoms with Crippen LogP contribution < -0.4 is 10.2 Å². The van der Waals surface area contributed by atoms with Crippen molar-refractivity contribution in [1.29, 1.82) is 0 Å². The summed E-state index contributed by atoms with van der Waals surface area (Å²) >= 11 is 9.76. The Labute approximate surface area is 230 Å². The maximum atomic E-state index is 13.2. The Balaban J connectivity index is 1.52. The molecule has 3 aromatic carbocycles. The molecule has 0 saturated carbocycles. The summed E-state index contributed by atoms with van der Waals surface area (Å²) in [6.07, 6.45) is 1.18. The molecule has 2 amide bonds. The summed E-state index contributed by atoms with van der Waals surface area (Å²) in [4.78, 5) is 28.0. The lowest BCUT2D eigenvalue weighted by atomic mass is 10.0. The highest BCUT2D eigenvalue weighted by Gasteiger charge is 2.32. The Morgan fingerprint density at radius 1 is 1.14 bits per heavy atom. The smallest absolute Gasteiger partial charge is 0.253 e. The highest BCUT2D eigenvalue weighted by molar-refractivity contribution is 9.10. The van der Waals surface area contributed by atoms with Crippen LogP contribution in [0.1, 0.15) is 34.3 Å². The van der Waals surface area contributed by atoms with E-state index >= 15 is 0 Å². The van der Waals surface area contributed by atoms with Crippen LogP contribution in [-0.4, -0.2) is 44.2 Å². The van der Waals surface area contributed by atoms with Gasteiger partial charge in [0.2, 0.25) is 15.9 Å². The van der Waals surface area contributed by atoms with Crippen molar-refractivity contribution in [2.75, 3.05) is 18.5 Å². The van der Waals surface area contributed by atoms with Crippen LogP contribution in [0.25, 0.3) is 0 Å². The molecule has 0 spiro atoms. The standard InChI is InChI=1S/C27H27BrClN3O4S/c1-18-15-20(10-12-23(18)28)32-14-6-9-25(27(32)34)30-26(33)22-16-21(11-13-24(22)29)37(35,36)31(2)17-19-7-4-3-5-8-19/h3-5,7-8,10-13,15-16,25H,6,9,14,17H2,1-2H3,(H,30,33). The minimum absolute atomic E-state index is 0.000243. The summed E-state index contributed by atoms with van der Waals surface area (Å²) in [5.41, 5.74) is 2.60. The van der Waals surface area contributed by atoms with Gasteiger partial charge in [-0.2, -0.15) is 4.31 Å². The number of nitrogens with zero attached hydrogens (tertiary/aromatic N) is 2. The normalized spacial score (nSPS) is 16.2. The lowest BCUT2D eigenvalue weighted by Crippen LogP contribution is -2.52. The number of aryl methyl sites for hydroxylation is 1. The second-order valence-corrected chi connectivity index (χ2v) is 12.3. The Kier molecular flexibility index (Phi) is 8.38. The number of anilines is 1. The van der Waals surface area contributed by atoms with Crippen LogP contribution in [0.4, 0.5) is 5.69 Å². The number of amides is 2. The van der Waals surface area contributed by atoms with Gasteiger partial charge in [-0.3, -0.25) is 9.59 Å². The van der Waals surface area contributed by atoms with Crippen molar-refractivity contribution in [3.05, 3.63) is 92.9 Å². The molecular formula is C27H27BrClN3O4S. The topological polar surface area (TPSA) is 86.8 Å². The fraction of sp³-hybridized carbons (Fsp3) is 0.259. The van der Waals surface area contributed by atoms with Crippen molar-refractivity contribution >= 4 is 55.1 Å². The number of carbonyl (C=O) groups excluding carboxylic acids is 2. The zero-order valence-corrected chi connectivity index (χ0v) is 23.6. The van der Waals surface area contributed by atoms with Crippen LogP contribution in [-0.2, 0) is 21.4 Å². The molecule has 1 aliphatic heterocycles. The van der Waals surface area contributed by atoms with Crippen molar-refractivity contribution in [2.24, 2.45) is 0 Å². The van der Waals surface area contributed by atoms with Gasteiger partial charge in [0.1, 0.15) is 6.04 Å². The van der Waals surface area contributed by atoms with Crippen molar-refractivity contribution in [1.82, 2.24) is 9.62 Å². The molecule has 0 aliphatic carbocycles. The number of nitrogens with one attached hydrogen (secondary N) is 1. The Morgan fingerprint density at radius 2 is 1.86 bits per heavy atom. The molecule has 0 radical (unpaired) electrons. The lowest BCUT2D eigenvalue weighted by Gasteiger charge is -2.33. The molecule has 1 saturated heterocycles. The van der Waals surface area contributed by atoms with E-state index in [1.54, 1.807) is 4.90 Å². The number of halogens is 2. The molecule has 1 aliphatic rings. The minimum Gasteiger partial charge on any atom is -0.340 e. The molecular weight excluding hydrogens is 578 g/mol. The van der Waals surface area contributed by atoms with Gasteiger partial charge in [0.25, 0.3) is 5.91 Å². The fourth-order valence-corrected chi connectivity index (χ4v) is 5.88. The average molecular weight is 605 g/mol. The van der Waals surface area contributed by atoms with Crippen LogP contribution in [0, 0.1) is 6.92 Å². The monoisotopic (exact) mass is 603 g/mol. The zero-order valence-electron chi connectivity index (χ0n) is 20.4. The zero-order chi connectivity index (χ0) is 26.7. The largest absolute Gasteiger partial charge is 0.340 e. The van der Waals surface area contributed by atoms with Crippen LogP contribution in [0.3, 0.4) is 0 Å². The molecule has 7 nitrogen and oxygen atoms in total. The number of rotatable bonds is 7. The molecule has 1 heterocycles. The Hall–Kier alpha value is -2.72. The fourth-order valence-electron chi connectivity index (χ4n) is 4.24. The molecule has 3 aromatic rings. The highest BCUT2D eigenvalue weighted by atomic mass is 79.9. The van der Waals surface area contributed by atoms with Gasteiger partial charge in [-0.25, -0.2) is 8.42 Å². The van der Waals surface area contributed by atoms with Crippen molar-refractivity contribution in [2.45, 2.75) is 37.2 Å². The van der Waals surface area contributed by atoms with Crippen LogP contribution in [0.15, 0.2) is 76.1 Å². The number of hydrogen-bond acceptors (Lipinski definition) is 4. The summed E-state index contributed by atoms with van der Waals surface area (Å²) in [7, 11) is -2.41.